The number of amides is 1. The molecule has 31 heavy (non-hydrogen) atoms. The van der Waals surface area contributed by atoms with Crippen LogP contribution in [0.15, 0.2) is 77.7 Å². The van der Waals surface area contributed by atoms with E-state index >= 15 is 0 Å². The zero-order chi connectivity index (χ0) is 22.4. The average Bonchev–Trinajstić information content (AvgIpc) is 2.75. The molecule has 0 aliphatic rings. The lowest BCUT2D eigenvalue weighted by Gasteiger charge is -2.20. The number of methoxy groups -OCH3 is 1. The molecule has 1 amide bonds. The Bertz CT molecular complexity index is 1170. The van der Waals surface area contributed by atoms with Crippen LogP contribution in [0.4, 0.5) is 5.69 Å². The number of sulfonamides is 1. The highest BCUT2D eigenvalue weighted by Crippen LogP contribution is 2.27. The summed E-state index contributed by atoms with van der Waals surface area (Å²) in [4.78, 5) is 13.0. The summed E-state index contributed by atoms with van der Waals surface area (Å²) in [5.41, 5.74) is 2.32. The van der Waals surface area contributed by atoms with Gasteiger partial charge >= 0.3 is 0 Å². The average molecular weight is 459 g/mol. The third kappa shape index (κ3) is 5.85. The third-order valence-corrected chi connectivity index (χ3v) is 6.50. The quantitative estimate of drug-likeness (QED) is 0.530. The number of ether oxygens (including phenoxy) is 1. The topological polar surface area (TPSA) is 84.5 Å². The molecule has 0 aliphatic heterocycles. The molecule has 0 heterocycles. The van der Waals surface area contributed by atoms with Crippen LogP contribution in [0.3, 0.4) is 0 Å². The van der Waals surface area contributed by atoms with E-state index in [1.54, 1.807) is 12.1 Å². The van der Waals surface area contributed by atoms with Crippen LogP contribution in [0, 0.1) is 6.92 Å². The number of rotatable bonds is 8. The highest BCUT2D eigenvalue weighted by Gasteiger charge is 2.27. The van der Waals surface area contributed by atoms with Gasteiger partial charge in [-0.3, -0.25) is 4.79 Å². The second-order valence-corrected chi connectivity index (χ2v) is 9.09. The molecule has 0 radical (unpaired) electrons. The Balaban J connectivity index is 1.89. The molecule has 1 atom stereocenters. The van der Waals surface area contributed by atoms with Crippen molar-refractivity contribution in [1.82, 2.24) is 4.72 Å². The first-order chi connectivity index (χ1) is 14.8. The molecular weight excluding hydrogens is 436 g/mol. The molecule has 0 aromatic heterocycles. The van der Waals surface area contributed by atoms with E-state index in [2.05, 4.69) is 10.0 Å². The van der Waals surface area contributed by atoms with E-state index in [1.165, 1.54) is 25.3 Å². The minimum atomic E-state index is -4.03. The molecule has 3 aromatic carbocycles. The fraction of sp³-hybridized carbons (Fsp3) is 0.174. The molecule has 0 bridgehead atoms. The van der Waals surface area contributed by atoms with Crippen LogP contribution in [0.5, 0.6) is 5.75 Å². The van der Waals surface area contributed by atoms with Gasteiger partial charge in [0.15, 0.2) is 0 Å². The van der Waals surface area contributed by atoms with E-state index in [-0.39, 0.29) is 16.3 Å². The summed E-state index contributed by atoms with van der Waals surface area (Å²) in [6.45, 7) is 1.87. The summed E-state index contributed by atoms with van der Waals surface area (Å²) in [6, 6.07) is 19.6. The largest absolute Gasteiger partial charge is 0.495 e. The zero-order valence-electron chi connectivity index (χ0n) is 17.1. The normalized spacial score (nSPS) is 12.2. The maximum Gasteiger partial charge on any atom is 0.242 e. The number of aryl methyl sites for hydroxylation is 1. The Morgan fingerprint density at radius 3 is 2.35 bits per heavy atom. The van der Waals surface area contributed by atoms with Crippen molar-refractivity contribution < 1.29 is 17.9 Å². The van der Waals surface area contributed by atoms with E-state index in [0.717, 1.165) is 11.1 Å². The maximum atomic E-state index is 13.1. The van der Waals surface area contributed by atoms with E-state index < -0.39 is 22.0 Å². The lowest BCUT2D eigenvalue weighted by molar-refractivity contribution is -0.117. The fourth-order valence-electron chi connectivity index (χ4n) is 3.04. The van der Waals surface area contributed by atoms with Gasteiger partial charge in [-0.2, -0.15) is 4.72 Å². The number of para-hydroxylation sites is 1. The Kier molecular flexibility index (Phi) is 7.33. The lowest BCUT2D eigenvalue weighted by Crippen LogP contribution is -2.45. The lowest BCUT2D eigenvalue weighted by atomic mass is 10.1. The molecule has 2 N–H and O–H groups in total. The van der Waals surface area contributed by atoms with Gasteiger partial charge in [-0.05, 0) is 48.7 Å². The summed E-state index contributed by atoms with van der Waals surface area (Å²) in [5, 5.41) is 2.98. The number of hydrogen-bond donors (Lipinski definition) is 2. The summed E-state index contributed by atoms with van der Waals surface area (Å²) in [5.74, 6) is -0.0971. The monoisotopic (exact) mass is 458 g/mol. The zero-order valence-corrected chi connectivity index (χ0v) is 18.7. The third-order valence-electron chi connectivity index (χ3n) is 4.73. The standard InChI is InChI=1S/C23H23ClN2O4S/c1-16-8-6-7-11-20(16)25-23(27)21(14-17-9-4-3-5-10-17)26-31(28,29)18-12-13-22(30-2)19(24)15-18/h3-13,15,21,26H,14H2,1-2H3,(H,25,27). The Hall–Kier alpha value is -2.87. The summed E-state index contributed by atoms with van der Waals surface area (Å²) < 4.78 is 33.6. The predicted octanol–water partition coefficient (Wildman–Crippen LogP) is 4.19. The first-order valence-electron chi connectivity index (χ1n) is 9.56. The summed E-state index contributed by atoms with van der Waals surface area (Å²) >= 11 is 6.09. The van der Waals surface area contributed by atoms with Crippen LogP contribution >= 0.6 is 11.6 Å². The first-order valence-corrected chi connectivity index (χ1v) is 11.4. The van der Waals surface area contributed by atoms with Crippen LogP contribution in [0.25, 0.3) is 0 Å². The van der Waals surface area contributed by atoms with Gasteiger partial charge in [0.25, 0.3) is 0 Å². The minimum Gasteiger partial charge on any atom is -0.495 e. The van der Waals surface area contributed by atoms with Gasteiger partial charge in [-0.25, -0.2) is 8.42 Å². The number of benzene rings is 3. The molecule has 3 rings (SSSR count). The van der Waals surface area contributed by atoms with Gasteiger partial charge in [0.05, 0.1) is 17.0 Å². The highest BCUT2D eigenvalue weighted by atomic mass is 35.5. The van der Waals surface area contributed by atoms with Crippen molar-refractivity contribution in [2.75, 3.05) is 12.4 Å². The van der Waals surface area contributed by atoms with Gasteiger partial charge in [-0.1, -0.05) is 60.1 Å². The fourth-order valence-corrected chi connectivity index (χ4v) is 4.58. The van der Waals surface area contributed by atoms with Crippen molar-refractivity contribution in [3.8, 4) is 5.75 Å². The van der Waals surface area contributed by atoms with Gasteiger partial charge < -0.3 is 10.1 Å². The number of anilines is 1. The van der Waals surface area contributed by atoms with Gasteiger partial charge in [0, 0.05) is 5.69 Å². The number of nitrogens with one attached hydrogen (secondary N) is 2. The molecule has 0 fully saturated rings. The van der Waals surface area contributed by atoms with Crippen molar-refractivity contribution in [2.24, 2.45) is 0 Å². The second kappa shape index (κ2) is 9.96. The molecule has 6 nitrogen and oxygen atoms in total. The SMILES string of the molecule is COc1ccc(S(=O)(=O)NC(Cc2ccccc2)C(=O)Nc2ccccc2C)cc1Cl. The first kappa shape index (κ1) is 22.8. The van der Waals surface area contributed by atoms with Crippen LogP contribution < -0.4 is 14.8 Å². The summed E-state index contributed by atoms with van der Waals surface area (Å²) in [6.07, 6.45) is 0.182. The van der Waals surface area contributed by atoms with Crippen molar-refractivity contribution in [1.29, 1.82) is 0 Å². The van der Waals surface area contributed by atoms with Crippen molar-refractivity contribution >= 4 is 33.2 Å². The van der Waals surface area contributed by atoms with Gasteiger partial charge in [-0.15, -0.1) is 0 Å². The molecule has 162 valence electrons. The van der Waals surface area contributed by atoms with Crippen LogP contribution in [0.2, 0.25) is 5.02 Å². The smallest absolute Gasteiger partial charge is 0.242 e. The molecule has 0 saturated carbocycles. The predicted molar refractivity (Wildman–Crippen MR) is 122 cm³/mol. The van der Waals surface area contributed by atoms with Crippen LogP contribution in [0.1, 0.15) is 11.1 Å². The van der Waals surface area contributed by atoms with E-state index in [9.17, 15) is 13.2 Å². The van der Waals surface area contributed by atoms with Crippen LogP contribution in [-0.4, -0.2) is 27.5 Å². The van der Waals surface area contributed by atoms with Gasteiger partial charge in [0.1, 0.15) is 11.8 Å². The molecule has 1 unspecified atom stereocenters. The van der Waals surface area contributed by atoms with Crippen LogP contribution in [-0.2, 0) is 21.2 Å². The van der Waals surface area contributed by atoms with Crippen molar-refractivity contribution in [2.45, 2.75) is 24.3 Å². The molecule has 8 heteroatoms. The molecule has 0 saturated heterocycles. The minimum absolute atomic E-state index is 0.0555. The molecular formula is C23H23ClN2O4S. The number of halogens is 1. The molecule has 0 spiro atoms. The highest BCUT2D eigenvalue weighted by molar-refractivity contribution is 7.89. The Morgan fingerprint density at radius 1 is 1.03 bits per heavy atom. The van der Waals surface area contributed by atoms with E-state index in [0.29, 0.717) is 11.4 Å². The van der Waals surface area contributed by atoms with E-state index in [1.807, 2.05) is 49.4 Å². The Labute approximate surface area is 187 Å². The van der Waals surface area contributed by atoms with Gasteiger partial charge in [0.2, 0.25) is 15.9 Å². The maximum absolute atomic E-state index is 13.1. The second-order valence-electron chi connectivity index (χ2n) is 6.96. The summed E-state index contributed by atoms with van der Waals surface area (Å²) in [7, 11) is -2.58. The van der Waals surface area contributed by atoms with E-state index in [4.69, 9.17) is 16.3 Å². The number of carbonyl (C=O) groups is 1. The number of hydrogen-bond acceptors (Lipinski definition) is 4. The van der Waals surface area contributed by atoms with Crippen molar-refractivity contribution in [3.63, 3.8) is 0 Å². The number of carbonyl (C=O) groups excluding carboxylic acids is 1. The molecule has 3 aromatic rings. The Morgan fingerprint density at radius 2 is 1.71 bits per heavy atom. The van der Waals surface area contributed by atoms with Crippen molar-refractivity contribution in [3.05, 3.63) is 88.9 Å². The molecule has 0 aliphatic carbocycles.